The van der Waals surface area contributed by atoms with E-state index in [2.05, 4.69) is 10.6 Å². The summed E-state index contributed by atoms with van der Waals surface area (Å²) >= 11 is 0. The molecule has 0 unspecified atom stereocenters. The van der Waals surface area contributed by atoms with Crippen LogP contribution in [0.15, 0.2) is 0 Å². The molecule has 0 aliphatic carbocycles. The molecule has 20 heavy (non-hydrogen) atoms. The van der Waals surface area contributed by atoms with Crippen LogP contribution in [0.2, 0.25) is 0 Å². The van der Waals surface area contributed by atoms with Crippen LogP contribution < -0.4 is 10.6 Å². The van der Waals surface area contributed by atoms with Gasteiger partial charge in [-0.05, 0) is 7.05 Å². The summed E-state index contributed by atoms with van der Waals surface area (Å²) in [7, 11) is 3.33. The number of nitrogens with zero attached hydrogens (tertiary/aromatic N) is 1. The maximum Gasteiger partial charge on any atom is 0.243 e. The van der Waals surface area contributed by atoms with Crippen LogP contribution in [-0.2, 0) is 14.4 Å². The third-order valence-corrected chi connectivity index (χ3v) is 3.16. The zero-order valence-corrected chi connectivity index (χ0v) is 13.4. The molecular formula is C14H27N3O3. The lowest BCUT2D eigenvalue weighted by molar-refractivity contribution is -0.140. The molecule has 0 saturated heterocycles. The molecule has 6 nitrogen and oxygen atoms in total. The van der Waals surface area contributed by atoms with Crippen LogP contribution in [0.4, 0.5) is 0 Å². The molecule has 116 valence electrons. The maximum absolute atomic E-state index is 12.1. The van der Waals surface area contributed by atoms with Gasteiger partial charge in [0.2, 0.25) is 11.8 Å². The van der Waals surface area contributed by atoms with Crippen LogP contribution in [0.25, 0.3) is 0 Å². The molecular weight excluding hydrogens is 258 g/mol. The largest absolute Gasteiger partial charge is 0.353 e. The van der Waals surface area contributed by atoms with E-state index in [1.165, 1.54) is 11.8 Å². The van der Waals surface area contributed by atoms with Crippen molar-refractivity contribution in [3.8, 4) is 0 Å². The second-order valence-electron chi connectivity index (χ2n) is 5.92. The van der Waals surface area contributed by atoms with Crippen molar-refractivity contribution in [1.82, 2.24) is 15.5 Å². The van der Waals surface area contributed by atoms with Gasteiger partial charge in [-0.2, -0.15) is 0 Å². The Morgan fingerprint density at radius 3 is 2.10 bits per heavy atom. The maximum atomic E-state index is 12.1. The van der Waals surface area contributed by atoms with E-state index >= 15 is 0 Å². The highest BCUT2D eigenvalue weighted by molar-refractivity contribution is 5.93. The Bertz CT molecular complexity index is 361. The van der Waals surface area contributed by atoms with Gasteiger partial charge in [-0.3, -0.25) is 14.4 Å². The van der Waals surface area contributed by atoms with Crippen LogP contribution in [0.5, 0.6) is 0 Å². The van der Waals surface area contributed by atoms with Crippen molar-refractivity contribution >= 4 is 17.6 Å². The summed E-state index contributed by atoms with van der Waals surface area (Å²) in [6.07, 6.45) is 0.0327. The number of likely N-dealkylation sites (N-methyl/N-ethyl adjacent to an activating group) is 2. The van der Waals surface area contributed by atoms with E-state index in [9.17, 15) is 14.4 Å². The molecule has 0 aromatic carbocycles. The third-order valence-electron chi connectivity index (χ3n) is 3.16. The standard InChI is InChI=1S/C14H27N3O3/c1-10(18)17(6)11(9-12(19)14(2,3)4)13(20)16-8-7-15-5/h11,15H,7-9H2,1-6H3,(H,16,20)/t11-/m0/s1. The van der Waals surface area contributed by atoms with E-state index < -0.39 is 11.5 Å². The van der Waals surface area contributed by atoms with Gasteiger partial charge in [0, 0.05) is 38.9 Å². The van der Waals surface area contributed by atoms with Crippen molar-refractivity contribution in [3.63, 3.8) is 0 Å². The van der Waals surface area contributed by atoms with E-state index in [0.29, 0.717) is 13.1 Å². The predicted molar refractivity (Wildman–Crippen MR) is 78.2 cm³/mol. The molecule has 0 radical (unpaired) electrons. The Labute approximate surface area is 121 Å². The van der Waals surface area contributed by atoms with E-state index in [-0.39, 0.29) is 24.0 Å². The first-order valence-electron chi connectivity index (χ1n) is 6.80. The molecule has 0 aromatic rings. The molecule has 0 aliphatic rings. The van der Waals surface area contributed by atoms with Crippen molar-refractivity contribution in [1.29, 1.82) is 0 Å². The second-order valence-corrected chi connectivity index (χ2v) is 5.92. The van der Waals surface area contributed by atoms with Crippen molar-refractivity contribution in [3.05, 3.63) is 0 Å². The number of carbonyl (C=O) groups is 3. The van der Waals surface area contributed by atoms with Crippen molar-refractivity contribution in [2.24, 2.45) is 5.41 Å². The second kappa shape index (κ2) is 7.99. The number of hydrogen-bond acceptors (Lipinski definition) is 4. The zero-order chi connectivity index (χ0) is 15.9. The van der Waals surface area contributed by atoms with Gasteiger partial charge in [0.15, 0.2) is 0 Å². The number of amides is 2. The average molecular weight is 285 g/mol. The minimum absolute atomic E-state index is 0.0327. The molecule has 6 heteroatoms. The van der Waals surface area contributed by atoms with Crippen LogP contribution in [0, 0.1) is 5.41 Å². The van der Waals surface area contributed by atoms with Gasteiger partial charge in [-0.15, -0.1) is 0 Å². The van der Waals surface area contributed by atoms with E-state index in [4.69, 9.17) is 0 Å². The van der Waals surface area contributed by atoms with Crippen LogP contribution in [-0.4, -0.2) is 55.7 Å². The number of Topliss-reactive ketones (excluding diaryl/α,β-unsaturated/α-hetero) is 1. The Balaban J connectivity index is 4.86. The molecule has 2 N–H and O–H groups in total. The lowest BCUT2D eigenvalue weighted by atomic mass is 9.86. The number of carbonyl (C=O) groups excluding carboxylic acids is 3. The number of hydrogen-bond donors (Lipinski definition) is 2. The first-order chi connectivity index (χ1) is 9.11. The molecule has 2 amide bonds. The topological polar surface area (TPSA) is 78.5 Å². The van der Waals surface area contributed by atoms with E-state index in [1.807, 2.05) is 0 Å². The predicted octanol–water partition coefficient (Wildman–Crippen LogP) is 0.174. The summed E-state index contributed by atoms with van der Waals surface area (Å²) in [6.45, 7) is 7.89. The monoisotopic (exact) mass is 285 g/mol. The lowest BCUT2D eigenvalue weighted by Crippen LogP contribution is -2.50. The van der Waals surface area contributed by atoms with Crippen molar-refractivity contribution < 1.29 is 14.4 Å². The van der Waals surface area contributed by atoms with Crippen LogP contribution in [0.1, 0.15) is 34.1 Å². The highest BCUT2D eigenvalue weighted by Crippen LogP contribution is 2.19. The van der Waals surface area contributed by atoms with Crippen molar-refractivity contribution in [2.45, 2.75) is 40.2 Å². The Hall–Kier alpha value is -1.43. The molecule has 0 spiro atoms. The molecule has 0 fully saturated rings. The van der Waals surface area contributed by atoms with Gasteiger partial charge in [0.05, 0.1) is 0 Å². The molecule has 0 aromatic heterocycles. The zero-order valence-electron chi connectivity index (χ0n) is 13.4. The number of nitrogens with one attached hydrogen (secondary N) is 2. The lowest BCUT2D eigenvalue weighted by Gasteiger charge is -2.28. The summed E-state index contributed by atoms with van der Waals surface area (Å²) in [5.41, 5.74) is -0.527. The summed E-state index contributed by atoms with van der Waals surface area (Å²) in [6, 6.07) is -0.754. The van der Waals surface area contributed by atoms with Crippen molar-refractivity contribution in [2.75, 3.05) is 27.2 Å². The highest BCUT2D eigenvalue weighted by Gasteiger charge is 2.31. The minimum atomic E-state index is -0.754. The molecule has 0 saturated carbocycles. The Morgan fingerprint density at radius 1 is 1.15 bits per heavy atom. The number of rotatable bonds is 7. The molecule has 0 bridgehead atoms. The van der Waals surface area contributed by atoms with E-state index in [1.54, 1.807) is 34.9 Å². The molecule has 0 rings (SSSR count). The summed E-state index contributed by atoms with van der Waals surface area (Å²) in [4.78, 5) is 37.0. The normalized spacial score (nSPS) is 12.7. The fourth-order valence-corrected chi connectivity index (χ4v) is 1.54. The highest BCUT2D eigenvalue weighted by atomic mass is 16.2. The van der Waals surface area contributed by atoms with E-state index in [0.717, 1.165) is 0 Å². The first-order valence-corrected chi connectivity index (χ1v) is 6.80. The smallest absolute Gasteiger partial charge is 0.243 e. The number of ketones is 1. The van der Waals surface area contributed by atoms with Gasteiger partial charge < -0.3 is 15.5 Å². The minimum Gasteiger partial charge on any atom is -0.353 e. The van der Waals surface area contributed by atoms with Crippen LogP contribution >= 0.6 is 0 Å². The molecule has 0 heterocycles. The van der Waals surface area contributed by atoms with Gasteiger partial charge in [0.25, 0.3) is 0 Å². The quantitative estimate of drug-likeness (QED) is 0.654. The molecule has 0 aliphatic heterocycles. The average Bonchev–Trinajstić information content (AvgIpc) is 2.33. The fraction of sp³-hybridized carbons (Fsp3) is 0.786. The fourth-order valence-electron chi connectivity index (χ4n) is 1.54. The summed E-state index contributed by atoms with van der Waals surface area (Å²) < 4.78 is 0. The van der Waals surface area contributed by atoms with Gasteiger partial charge in [-0.25, -0.2) is 0 Å². The Morgan fingerprint density at radius 2 is 1.70 bits per heavy atom. The van der Waals surface area contributed by atoms with Gasteiger partial charge in [-0.1, -0.05) is 20.8 Å². The van der Waals surface area contributed by atoms with Gasteiger partial charge in [0.1, 0.15) is 11.8 Å². The molecule has 1 atom stereocenters. The third kappa shape index (κ3) is 6.14. The first kappa shape index (κ1) is 18.6. The summed E-state index contributed by atoms with van der Waals surface area (Å²) in [5, 5.41) is 5.65. The van der Waals surface area contributed by atoms with Crippen LogP contribution in [0.3, 0.4) is 0 Å². The SMILES string of the molecule is CNCCNC(=O)[C@H](CC(=O)C(C)(C)C)N(C)C(C)=O. The Kier molecular flexibility index (Phi) is 7.42. The van der Waals surface area contributed by atoms with Gasteiger partial charge >= 0.3 is 0 Å². The summed E-state index contributed by atoms with van der Waals surface area (Å²) in [5.74, 6) is -0.574.